The number of anilines is 1. The van der Waals surface area contributed by atoms with E-state index in [1.54, 1.807) is 41.5 Å². The zero-order valence-electron chi connectivity index (χ0n) is 12.6. The van der Waals surface area contributed by atoms with Gasteiger partial charge in [-0.25, -0.2) is 0 Å². The van der Waals surface area contributed by atoms with Crippen LogP contribution in [0, 0.1) is 6.92 Å². The van der Waals surface area contributed by atoms with Crippen molar-refractivity contribution in [2.45, 2.75) is 20.4 Å². The maximum atomic E-state index is 12.4. The van der Waals surface area contributed by atoms with E-state index in [0.717, 1.165) is 0 Å². The Balaban J connectivity index is 2.12. The monoisotopic (exact) mass is 304 g/mol. The number of benzene rings is 1. The van der Waals surface area contributed by atoms with E-state index in [4.69, 9.17) is 10.5 Å². The second-order valence-corrected chi connectivity index (χ2v) is 5.87. The molecule has 0 fully saturated rings. The van der Waals surface area contributed by atoms with Crippen molar-refractivity contribution in [3.63, 3.8) is 0 Å². The first-order valence-corrected chi connectivity index (χ1v) is 7.71. The van der Waals surface area contributed by atoms with Crippen LogP contribution in [0.2, 0.25) is 0 Å². The van der Waals surface area contributed by atoms with Crippen LogP contribution >= 0.6 is 11.3 Å². The summed E-state index contributed by atoms with van der Waals surface area (Å²) in [5.74, 6) is 0.573. The predicted octanol–water partition coefficient (Wildman–Crippen LogP) is 3.31. The first-order valence-electron chi connectivity index (χ1n) is 6.83. The smallest absolute Gasteiger partial charge is 0.254 e. The quantitative estimate of drug-likeness (QED) is 0.862. The van der Waals surface area contributed by atoms with Gasteiger partial charge < -0.3 is 15.4 Å². The lowest BCUT2D eigenvalue weighted by atomic mass is 10.1. The van der Waals surface area contributed by atoms with E-state index in [1.807, 2.05) is 12.3 Å². The Labute approximate surface area is 129 Å². The predicted molar refractivity (Wildman–Crippen MR) is 86.9 cm³/mol. The number of rotatable bonds is 5. The molecule has 5 heteroatoms. The van der Waals surface area contributed by atoms with Gasteiger partial charge in [-0.2, -0.15) is 0 Å². The minimum absolute atomic E-state index is 0.0439. The summed E-state index contributed by atoms with van der Waals surface area (Å²) >= 11 is 1.66. The molecule has 112 valence electrons. The largest absolute Gasteiger partial charge is 0.492 e. The van der Waals surface area contributed by atoms with Gasteiger partial charge in [0, 0.05) is 17.5 Å². The standard InChI is InChI=1S/C16H20N2O2S/c1-4-20-14-6-5-12(9-13(14)17)16(19)18(3)10-15-11(2)7-8-21-15/h5-9H,4,10,17H2,1-3H3. The minimum Gasteiger partial charge on any atom is -0.492 e. The fourth-order valence-electron chi connectivity index (χ4n) is 2.04. The number of carbonyl (C=O) groups excluding carboxylic acids is 1. The maximum Gasteiger partial charge on any atom is 0.254 e. The van der Waals surface area contributed by atoms with Gasteiger partial charge in [-0.1, -0.05) is 0 Å². The Kier molecular flexibility index (Phi) is 4.85. The van der Waals surface area contributed by atoms with Gasteiger partial charge in [0.2, 0.25) is 0 Å². The van der Waals surface area contributed by atoms with Crippen molar-refractivity contribution in [1.82, 2.24) is 4.90 Å². The van der Waals surface area contributed by atoms with Gasteiger partial charge in [-0.05, 0) is 49.1 Å². The molecule has 2 rings (SSSR count). The van der Waals surface area contributed by atoms with Crippen LogP contribution in [-0.2, 0) is 6.54 Å². The van der Waals surface area contributed by atoms with Crippen molar-refractivity contribution >= 4 is 22.9 Å². The Morgan fingerprint density at radius 3 is 2.71 bits per heavy atom. The Bertz CT molecular complexity index is 637. The fourth-order valence-corrected chi connectivity index (χ4v) is 3.00. The number of ether oxygens (including phenoxy) is 1. The minimum atomic E-state index is -0.0439. The summed E-state index contributed by atoms with van der Waals surface area (Å²) in [6.07, 6.45) is 0. The molecule has 2 N–H and O–H groups in total. The molecule has 21 heavy (non-hydrogen) atoms. The van der Waals surface area contributed by atoms with Gasteiger partial charge >= 0.3 is 0 Å². The Morgan fingerprint density at radius 2 is 2.14 bits per heavy atom. The van der Waals surface area contributed by atoms with Crippen molar-refractivity contribution in [2.75, 3.05) is 19.4 Å². The van der Waals surface area contributed by atoms with Crippen molar-refractivity contribution in [1.29, 1.82) is 0 Å². The number of aryl methyl sites for hydroxylation is 1. The van der Waals surface area contributed by atoms with E-state index in [1.165, 1.54) is 10.4 Å². The molecule has 1 aromatic heterocycles. The van der Waals surface area contributed by atoms with E-state index < -0.39 is 0 Å². The van der Waals surface area contributed by atoms with Crippen LogP contribution in [0.4, 0.5) is 5.69 Å². The summed E-state index contributed by atoms with van der Waals surface area (Å²) in [6.45, 7) is 5.11. The molecule has 0 unspecified atom stereocenters. The third-order valence-corrected chi connectivity index (χ3v) is 4.26. The molecule has 1 aromatic carbocycles. The highest BCUT2D eigenvalue weighted by Gasteiger charge is 2.15. The number of nitrogen functional groups attached to an aromatic ring is 1. The highest BCUT2D eigenvalue weighted by molar-refractivity contribution is 7.10. The highest BCUT2D eigenvalue weighted by Crippen LogP contribution is 2.24. The van der Waals surface area contributed by atoms with Gasteiger partial charge in [0.1, 0.15) is 5.75 Å². The van der Waals surface area contributed by atoms with Crippen LogP contribution in [0.5, 0.6) is 5.75 Å². The summed E-state index contributed by atoms with van der Waals surface area (Å²) in [7, 11) is 1.80. The molecule has 0 saturated heterocycles. The third-order valence-electron chi connectivity index (χ3n) is 3.25. The molecule has 0 radical (unpaired) electrons. The average molecular weight is 304 g/mol. The number of amides is 1. The molecule has 1 heterocycles. The van der Waals surface area contributed by atoms with Crippen LogP contribution in [0.1, 0.15) is 27.7 Å². The summed E-state index contributed by atoms with van der Waals surface area (Å²) in [4.78, 5) is 15.3. The van der Waals surface area contributed by atoms with E-state index in [2.05, 4.69) is 13.0 Å². The molecule has 0 aliphatic rings. The third kappa shape index (κ3) is 3.55. The lowest BCUT2D eigenvalue weighted by Crippen LogP contribution is -2.26. The van der Waals surface area contributed by atoms with E-state index >= 15 is 0 Å². The lowest BCUT2D eigenvalue weighted by molar-refractivity contribution is 0.0786. The van der Waals surface area contributed by atoms with Crippen molar-refractivity contribution in [3.05, 3.63) is 45.6 Å². The highest BCUT2D eigenvalue weighted by atomic mass is 32.1. The van der Waals surface area contributed by atoms with Crippen LogP contribution < -0.4 is 10.5 Å². The van der Waals surface area contributed by atoms with Crippen LogP contribution in [-0.4, -0.2) is 24.5 Å². The Hall–Kier alpha value is -2.01. The normalized spacial score (nSPS) is 10.4. The summed E-state index contributed by atoms with van der Waals surface area (Å²) in [6, 6.07) is 7.23. The van der Waals surface area contributed by atoms with E-state index in [9.17, 15) is 4.79 Å². The van der Waals surface area contributed by atoms with Crippen LogP contribution in [0.3, 0.4) is 0 Å². The molecular formula is C16H20N2O2S. The van der Waals surface area contributed by atoms with Crippen LogP contribution in [0.15, 0.2) is 29.6 Å². The maximum absolute atomic E-state index is 12.4. The molecular weight excluding hydrogens is 284 g/mol. The summed E-state index contributed by atoms with van der Waals surface area (Å²) in [5, 5.41) is 2.04. The topological polar surface area (TPSA) is 55.6 Å². The summed E-state index contributed by atoms with van der Waals surface area (Å²) in [5.41, 5.74) is 8.19. The number of nitrogens with two attached hydrogens (primary N) is 1. The second kappa shape index (κ2) is 6.63. The van der Waals surface area contributed by atoms with Gasteiger partial charge in [-0.3, -0.25) is 4.79 Å². The van der Waals surface area contributed by atoms with Gasteiger partial charge in [0.25, 0.3) is 5.91 Å². The molecule has 0 bridgehead atoms. The van der Waals surface area contributed by atoms with Crippen LogP contribution in [0.25, 0.3) is 0 Å². The summed E-state index contributed by atoms with van der Waals surface area (Å²) < 4.78 is 5.38. The molecule has 0 atom stereocenters. The first-order chi connectivity index (χ1) is 10.0. The number of hydrogen-bond acceptors (Lipinski definition) is 4. The van der Waals surface area contributed by atoms with Gasteiger partial charge in [0.15, 0.2) is 0 Å². The fraction of sp³-hybridized carbons (Fsp3) is 0.312. The number of hydrogen-bond donors (Lipinski definition) is 1. The average Bonchev–Trinajstić information content (AvgIpc) is 2.86. The number of carbonyl (C=O) groups is 1. The number of nitrogens with zero attached hydrogens (tertiary/aromatic N) is 1. The Morgan fingerprint density at radius 1 is 1.38 bits per heavy atom. The number of thiophene rings is 1. The second-order valence-electron chi connectivity index (χ2n) is 4.87. The molecule has 4 nitrogen and oxygen atoms in total. The first kappa shape index (κ1) is 15.4. The van der Waals surface area contributed by atoms with Crippen molar-refractivity contribution in [2.24, 2.45) is 0 Å². The van der Waals surface area contributed by atoms with E-state index in [-0.39, 0.29) is 5.91 Å². The van der Waals surface area contributed by atoms with Gasteiger partial charge in [0.05, 0.1) is 18.8 Å². The molecule has 0 saturated carbocycles. The van der Waals surface area contributed by atoms with Gasteiger partial charge in [-0.15, -0.1) is 11.3 Å². The molecule has 2 aromatic rings. The zero-order valence-corrected chi connectivity index (χ0v) is 13.4. The molecule has 0 aliphatic heterocycles. The van der Waals surface area contributed by atoms with Crippen molar-refractivity contribution < 1.29 is 9.53 Å². The zero-order chi connectivity index (χ0) is 15.4. The molecule has 1 amide bonds. The van der Waals surface area contributed by atoms with E-state index in [0.29, 0.717) is 30.2 Å². The lowest BCUT2D eigenvalue weighted by Gasteiger charge is -2.17. The SMILES string of the molecule is CCOc1ccc(C(=O)N(C)Cc2sccc2C)cc1N. The molecule has 0 aliphatic carbocycles. The molecule has 0 spiro atoms. The van der Waals surface area contributed by atoms with Crippen molar-refractivity contribution in [3.8, 4) is 5.75 Å².